The summed E-state index contributed by atoms with van der Waals surface area (Å²) in [7, 11) is 0. The van der Waals surface area contributed by atoms with Crippen molar-refractivity contribution in [1.82, 2.24) is 4.90 Å². The van der Waals surface area contributed by atoms with Gasteiger partial charge in [0.2, 0.25) is 5.91 Å². The lowest BCUT2D eigenvalue weighted by Crippen LogP contribution is -2.31. The first-order valence-electron chi connectivity index (χ1n) is 8.70. The molecule has 0 unspecified atom stereocenters. The highest BCUT2D eigenvalue weighted by atomic mass is 32.2. The number of thiocarbonyl (C=S) groups is 1. The summed E-state index contributed by atoms with van der Waals surface area (Å²) in [6, 6.07) is 13.3. The quantitative estimate of drug-likeness (QED) is 0.322. The van der Waals surface area contributed by atoms with E-state index in [9.17, 15) is 19.7 Å². The number of nitro groups is 1. The molecule has 0 spiro atoms. The smallest absolute Gasteiger partial charge is 0.269 e. The number of carbonyl (C=O) groups excluding carboxylic acids is 2. The Hall–Kier alpha value is -3.04. The molecule has 0 bridgehead atoms. The predicted octanol–water partition coefficient (Wildman–Crippen LogP) is 4.13. The number of benzene rings is 2. The second-order valence-corrected chi connectivity index (χ2v) is 7.97. The molecule has 0 aliphatic carbocycles. The summed E-state index contributed by atoms with van der Waals surface area (Å²) >= 11 is 6.51. The standard InChI is InChI=1S/C20H17N3O4S2/c1-13-4-2-3-5-14(13)12-17-19(25)22(20(28)29-17)11-10-18(24)21-15-6-8-16(9-7-15)23(26)27/h2-9,12H,10-11H2,1H3,(H,21,24)/b17-12-. The second-order valence-electron chi connectivity index (χ2n) is 6.29. The largest absolute Gasteiger partial charge is 0.326 e. The highest BCUT2D eigenvalue weighted by Gasteiger charge is 2.32. The molecule has 9 heteroatoms. The average Bonchev–Trinajstić information content (AvgIpc) is 2.95. The van der Waals surface area contributed by atoms with Crippen molar-refractivity contribution in [3.63, 3.8) is 0 Å². The fourth-order valence-electron chi connectivity index (χ4n) is 2.69. The van der Waals surface area contributed by atoms with Crippen molar-refractivity contribution in [2.45, 2.75) is 13.3 Å². The summed E-state index contributed by atoms with van der Waals surface area (Å²) in [5.41, 5.74) is 2.40. The Kier molecular flexibility index (Phi) is 6.40. The van der Waals surface area contributed by atoms with Crippen molar-refractivity contribution < 1.29 is 14.5 Å². The van der Waals surface area contributed by atoms with Gasteiger partial charge in [0, 0.05) is 30.8 Å². The molecule has 0 radical (unpaired) electrons. The molecule has 0 atom stereocenters. The monoisotopic (exact) mass is 427 g/mol. The number of amides is 2. The number of carbonyl (C=O) groups is 2. The number of nitrogens with one attached hydrogen (secondary N) is 1. The number of nitro benzene ring substituents is 1. The summed E-state index contributed by atoms with van der Waals surface area (Å²) in [5.74, 6) is -0.526. The van der Waals surface area contributed by atoms with Crippen LogP contribution in [-0.2, 0) is 9.59 Å². The minimum absolute atomic E-state index is 0.0546. The third-order valence-corrected chi connectivity index (χ3v) is 5.65. The first kappa shape index (κ1) is 20.7. The number of rotatable bonds is 6. The van der Waals surface area contributed by atoms with Gasteiger partial charge in [0.1, 0.15) is 4.32 Å². The van der Waals surface area contributed by atoms with Crippen molar-refractivity contribution in [2.24, 2.45) is 0 Å². The van der Waals surface area contributed by atoms with Gasteiger partial charge in [0.25, 0.3) is 11.6 Å². The van der Waals surface area contributed by atoms with Crippen LogP contribution in [0.15, 0.2) is 53.4 Å². The van der Waals surface area contributed by atoms with E-state index in [1.165, 1.54) is 40.9 Å². The zero-order valence-electron chi connectivity index (χ0n) is 15.5. The number of hydrogen-bond acceptors (Lipinski definition) is 6. The van der Waals surface area contributed by atoms with E-state index in [2.05, 4.69) is 5.32 Å². The Morgan fingerprint density at radius 3 is 2.59 bits per heavy atom. The molecular weight excluding hydrogens is 410 g/mol. The number of hydrogen-bond donors (Lipinski definition) is 1. The van der Waals surface area contributed by atoms with Gasteiger partial charge in [-0.1, -0.05) is 48.2 Å². The molecular formula is C20H17N3O4S2. The topological polar surface area (TPSA) is 92.6 Å². The van der Waals surface area contributed by atoms with Gasteiger partial charge >= 0.3 is 0 Å². The van der Waals surface area contributed by atoms with Crippen molar-refractivity contribution in [3.8, 4) is 0 Å². The summed E-state index contributed by atoms with van der Waals surface area (Å²) in [5, 5.41) is 13.3. The SMILES string of the molecule is Cc1ccccc1/C=C1\SC(=S)N(CCC(=O)Nc2ccc([N+](=O)[O-])cc2)C1=O. The van der Waals surface area contributed by atoms with Gasteiger partial charge < -0.3 is 5.32 Å². The van der Waals surface area contributed by atoms with Crippen LogP contribution in [0.2, 0.25) is 0 Å². The molecule has 1 aliphatic rings. The van der Waals surface area contributed by atoms with Gasteiger partial charge in [-0.2, -0.15) is 0 Å². The van der Waals surface area contributed by atoms with Gasteiger partial charge in [-0.15, -0.1) is 0 Å². The molecule has 1 N–H and O–H groups in total. The van der Waals surface area contributed by atoms with Crippen LogP contribution < -0.4 is 5.32 Å². The van der Waals surface area contributed by atoms with Crippen LogP contribution in [-0.4, -0.2) is 32.5 Å². The van der Waals surface area contributed by atoms with E-state index in [1.54, 1.807) is 0 Å². The van der Waals surface area contributed by atoms with Gasteiger partial charge in [-0.05, 0) is 36.3 Å². The lowest BCUT2D eigenvalue weighted by atomic mass is 10.1. The maximum Gasteiger partial charge on any atom is 0.269 e. The van der Waals surface area contributed by atoms with E-state index in [0.29, 0.717) is 14.9 Å². The minimum atomic E-state index is -0.509. The van der Waals surface area contributed by atoms with Crippen molar-refractivity contribution >= 4 is 57.6 Å². The van der Waals surface area contributed by atoms with Gasteiger partial charge in [-0.3, -0.25) is 24.6 Å². The Labute approximate surface area is 176 Å². The molecule has 2 aromatic rings. The molecule has 1 saturated heterocycles. The highest BCUT2D eigenvalue weighted by Crippen LogP contribution is 2.33. The van der Waals surface area contributed by atoms with E-state index in [0.717, 1.165) is 11.1 Å². The Bertz CT molecular complexity index is 1020. The van der Waals surface area contributed by atoms with E-state index in [1.807, 2.05) is 37.3 Å². The van der Waals surface area contributed by atoms with Gasteiger partial charge in [-0.25, -0.2) is 0 Å². The summed E-state index contributed by atoms with van der Waals surface area (Å²) in [6.07, 6.45) is 1.87. The van der Waals surface area contributed by atoms with Crippen LogP contribution in [0.1, 0.15) is 17.5 Å². The molecule has 148 valence electrons. The molecule has 1 aliphatic heterocycles. The average molecular weight is 428 g/mol. The molecule has 1 heterocycles. The zero-order valence-corrected chi connectivity index (χ0v) is 17.1. The van der Waals surface area contributed by atoms with Crippen LogP contribution in [0, 0.1) is 17.0 Å². The normalized spacial score (nSPS) is 15.1. The van der Waals surface area contributed by atoms with Crippen molar-refractivity contribution in [3.05, 3.63) is 74.7 Å². The Balaban J connectivity index is 1.59. The third-order valence-electron chi connectivity index (χ3n) is 4.27. The highest BCUT2D eigenvalue weighted by molar-refractivity contribution is 8.26. The summed E-state index contributed by atoms with van der Waals surface area (Å²) in [4.78, 5) is 36.9. The van der Waals surface area contributed by atoms with Crippen LogP contribution in [0.25, 0.3) is 6.08 Å². The number of thioether (sulfide) groups is 1. The maximum atomic E-state index is 12.7. The molecule has 2 aromatic carbocycles. The molecule has 3 rings (SSSR count). The first-order chi connectivity index (χ1) is 13.8. The molecule has 1 fully saturated rings. The zero-order chi connectivity index (χ0) is 21.0. The molecule has 2 amide bonds. The predicted molar refractivity (Wildman–Crippen MR) is 117 cm³/mol. The van der Waals surface area contributed by atoms with E-state index in [4.69, 9.17) is 12.2 Å². The number of anilines is 1. The van der Waals surface area contributed by atoms with Crippen LogP contribution in [0.3, 0.4) is 0 Å². The minimum Gasteiger partial charge on any atom is -0.326 e. The van der Waals surface area contributed by atoms with Gasteiger partial charge in [0.15, 0.2) is 0 Å². The van der Waals surface area contributed by atoms with Crippen molar-refractivity contribution in [1.29, 1.82) is 0 Å². The summed E-state index contributed by atoms with van der Waals surface area (Å²) < 4.78 is 0.415. The van der Waals surface area contributed by atoms with E-state index < -0.39 is 4.92 Å². The lowest BCUT2D eigenvalue weighted by Gasteiger charge is -2.14. The molecule has 29 heavy (non-hydrogen) atoms. The van der Waals surface area contributed by atoms with E-state index >= 15 is 0 Å². The van der Waals surface area contributed by atoms with E-state index in [-0.39, 0.29) is 30.5 Å². The third kappa shape index (κ3) is 5.07. The Morgan fingerprint density at radius 1 is 1.24 bits per heavy atom. The molecule has 0 saturated carbocycles. The fraction of sp³-hybridized carbons (Fsp3) is 0.150. The van der Waals surface area contributed by atoms with Crippen LogP contribution in [0.5, 0.6) is 0 Å². The maximum absolute atomic E-state index is 12.7. The van der Waals surface area contributed by atoms with Crippen LogP contribution in [0.4, 0.5) is 11.4 Å². The van der Waals surface area contributed by atoms with Crippen molar-refractivity contribution in [2.75, 3.05) is 11.9 Å². The van der Waals surface area contributed by atoms with Crippen LogP contribution >= 0.6 is 24.0 Å². The Morgan fingerprint density at radius 2 is 1.93 bits per heavy atom. The number of aryl methyl sites for hydroxylation is 1. The van der Waals surface area contributed by atoms with Gasteiger partial charge in [0.05, 0.1) is 9.83 Å². The lowest BCUT2D eigenvalue weighted by molar-refractivity contribution is -0.384. The molecule has 0 aromatic heterocycles. The first-order valence-corrected chi connectivity index (χ1v) is 9.93. The number of non-ortho nitro benzene ring substituents is 1. The molecule has 7 nitrogen and oxygen atoms in total. The summed E-state index contributed by atoms with van der Waals surface area (Å²) in [6.45, 7) is 2.13. The number of nitrogens with zero attached hydrogens (tertiary/aromatic N) is 2. The second kappa shape index (κ2) is 8.97. The fourth-order valence-corrected chi connectivity index (χ4v) is 3.99.